The predicted molar refractivity (Wildman–Crippen MR) is 68.6 cm³/mol. The van der Waals surface area contributed by atoms with Gasteiger partial charge in [0.05, 0.1) is 12.8 Å². The van der Waals surface area contributed by atoms with Gasteiger partial charge in [0.2, 0.25) is 0 Å². The summed E-state index contributed by atoms with van der Waals surface area (Å²) in [6, 6.07) is 0. The second-order valence-corrected chi connectivity index (χ2v) is 5.06. The van der Waals surface area contributed by atoms with E-state index in [1.54, 1.807) is 0 Å². The average molecular weight is 270 g/mol. The third-order valence-corrected chi connectivity index (χ3v) is 3.38. The zero-order valence-electron chi connectivity index (χ0n) is 11.2. The highest BCUT2D eigenvalue weighted by molar-refractivity contribution is 5.75. The second kappa shape index (κ2) is 7.45. The smallest absolute Gasteiger partial charge is 0.309 e. The summed E-state index contributed by atoms with van der Waals surface area (Å²) in [5, 5.41) is 6.65. The van der Waals surface area contributed by atoms with Crippen molar-refractivity contribution in [2.75, 3.05) is 26.2 Å². The molecule has 0 radical (unpaired) electrons. The highest BCUT2D eigenvalue weighted by atomic mass is 16.6. The zero-order valence-corrected chi connectivity index (χ0v) is 11.2. The fraction of sp³-hybridized carbons (Fsp3) is 0.846. The zero-order chi connectivity index (χ0) is 13.5. The maximum atomic E-state index is 10.6. The summed E-state index contributed by atoms with van der Waals surface area (Å²) in [5.74, 6) is -0.155. The average Bonchev–Trinajstić information content (AvgIpc) is 2.31. The number of rotatable bonds is 10. The van der Waals surface area contributed by atoms with Crippen molar-refractivity contribution in [2.24, 2.45) is 0 Å². The number of carbonyl (C=O) groups is 2. The Balaban J connectivity index is 1.27. The van der Waals surface area contributed by atoms with Gasteiger partial charge in [0, 0.05) is 0 Å². The summed E-state index contributed by atoms with van der Waals surface area (Å²) in [7, 11) is 0. The number of hydrogen-bond acceptors (Lipinski definition) is 6. The lowest BCUT2D eigenvalue weighted by Crippen LogP contribution is -2.36. The maximum absolute atomic E-state index is 10.6. The summed E-state index contributed by atoms with van der Waals surface area (Å²) in [6.07, 6.45) is 4.32. The van der Waals surface area contributed by atoms with E-state index in [2.05, 4.69) is 10.6 Å². The molecule has 0 bridgehead atoms. The van der Waals surface area contributed by atoms with Crippen LogP contribution in [0.1, 0.15) is 32.1 Å². The Hall–Kier alpha value is -1.14. The van der Waals surface area contributed by atoms with Crippen LogP contribution in [0.5, 0.6) is 0 Å². The minimum absolute atomic E-state index is 0.0775. The number of esters is 2. The van der Waals surface area contributed by atoms with E-state index in [9.17, 15) is 9.59 Å². The molecule has 0 aromatic rings. The molecule has 2 fully saturated rings. The number of nitrogens with one attached hydrogen (secondary N) is 2. The third kappa shape index (κ3) is 5.16. The van der Waals surface area contributed by atoms with Crippen LogP contribution in [0.3, 0.4) is 0 Å². The van der Waals surface area contributed by atoms with E-state index in [4.69, 9.17) is 9.47 Å². The van der Waals surface area contributed by atoms with Crippen LogP contribution in [0, 0.1) is 0 Å². The number of cyclic esters (lactones) is 2. The van der Waals surface area contributed by atoms with Gasteiger partial charge >= 0.3 is 11.9 Å². The van der Waals surface area contributed by atoms with Crippen molar-refractivity contribution in [1.29, 1.82) is 0 Å². The molecule has 0 amide bonds. The molecular weight excluding hydrogens is 248 g/mol. The Morgan fingerprint density at radius 3 is 1.63 bits per heavy atom. The lowest BCUT2D eigenvalue weighted by atomic mass is 10.1. The third-order valence-electron chi connectivity index (χ3n) is 3.38. The first-order chi connectivity index (χ1) is 9.24. The largest absolute Gasteiger partial charge is 0.462 e. The molecule has 2 rings (SSSR count). The summed E-state index contributed by atoms with van der Waals surface area (Å²) in [4.78, 5) is 21.1. The standard InChI is InChI=1S/C13H22N2O4/c16-12-8-10(18-12)2-6-14-4-1-5-15-7-3-11-9-13(17)19-11/h10-11,14-15H,1-9H2. The van der Waals surface area contributed by atoms with Gasteiger partial charge in [-0.1, -0.05) is 0 Å². The Kier molecular flexibility index (Phi) is 5.60. The van der Waals surface area contributed by atoms with Gasteiger partial charge in [-0.05, 0) is 45.4 Å². The van der Waals surface area contributed by atoms with Crippen molar-refractivity contribution in [2.45, 2.75) is 44.3 Å². The van der Waals surface area contributed by atoms with Crippen LogP contribution >= 0.6 is 0 Å². The van der Waals surface area contributed by atoms with E-state index in [1.807, 2.05) is 0 Å². The monoisotopic (exact) mass is 270 g/mol. The molecule has 6 nitrogen and oxygen atoms in total. The molecule has 0 aromatic carbocycles. The second-order valence-electron chi connectivity index (χ2n) is 5.06. The van der Waals surface area contributed by atoms with E-state index in [0.717, 1.165) is 45.4 Å². The van der Waals surface area contributed by atoms with Crippen molar-refractivity contribution in [3.05, 3.63) is 0 Å². The highest BCUT2D eigenvalue weighted by Crippen LogP contribution is 2.16. The molecule has 108 valence electrons. The van der Waals surface area contributed by atoms with Crippen LogP contribution < -0.4 is 10.6 Å². The van der Waals surface area contributed by atoms with Crippen LogP contribution in [0.15, 0.2) is 0 Å². The van der Waals surface area contributed by atoms with Gasteiger partial charge in [-0.25, -0.2) is 0 Å². The van der Waals surface area contributed by atoms with Crippen LogP contribution in [-0.4, -0.2) is 50.3 Å². The van der Waals surface area contributed by atoms with Gasteiger partial charge in [0.15, 0.2) is 0 Å². The van der Waals surface area contributed by atoms with Crippen molar-refractivity contribution in [3.63, 3.8) is 0 Å². The molecule has 6 heteroatoms. The topological polar surface area (TPSA) is 76.7 Å². The minimum Gasteiger partial charge on any atom is -0.462 e. The molecule has 2 N–H and O–H groups in total. The van der Waals surface area contributed by atoms with Gasteiger partial charge in [-0.15, -0.1) is 0 Å². The van der Waals surface area contributed by atoms with Crippen molar-refractivity contribution < 1.29 is 19.1 Å². The number of carbonyl (C=O) groups excluding carboxylic acids is 2. The van der Waals surface area contributed by atoms with Gasteiger partial charge < -0.3 is 20.1 Å². The van der Waals surface area contributed by atoms with Crippen molar-refractivity contribution in [1.82, 2.24) is 10.6 Å². The van der Waals surface area contributed by atoms with E-state index >= 15 is 0 Å². The van der Waals surface area contributed by atoms with Crippen molar-refractivity contribution in [3.8, 4) is 0 Å². The number of hydrogen-bond donors (Lipinski definition) is 2. The molecule has 2 unspecified atom stereocenters. The Morgan fingerprint density at radius 2 is 1.26 bits per heavy atom. The van der Waals surface area contributed by atoms with Crippen LogP contribution in [-0.2, 0) is 19.1 Å². The fourth-order valence-corrected chi connectivity index (χ4v) is 2.16. The Bertz CT molecular complexity index is 276. The lowest BCUT2D eigenvalue weighted by Gasteiger charge is -2.25. The first kappa shape index (κ1) is 14.3. The molecule has 2 aliphatic heterocycles. The maximum Gasteiger partial charge on any atom is 0.309 e. The van der Waals surface area contributed by atoms with E-state index < -0.39 is 0 Å². The molecule has 0 saturated carbocycles. The normalized spacial score (nSPS) is 25.3. The van der Waals surface area contributed by atoms with Gasteiger partial charge in [-0.3, -0.25) is 9.59 Å². The first-order valence-corrected chi connectivity index (χ1v) is 7.04. The van der Waals surface area contributed by atoms with Crippen LogP contribution in [0.25, 0.3) is 0 Å². The Morgan fingerprint density at radius 1 is 0.842 bits per heavy atom. The quantitative estimate of drug-likeness (QED) is 0.429. The lowest BCUT2D eigenvalue weighted by molar-refractivity contribution is -0.170. The van der Waals surface area contributed by atoms with Gasteiger partial charge in [0.25, 0.3) is 0 Å². The SMILES string of the molecule is O=C1CC(CCNCCCNCCC2CC(=O)O2)O1. The van der Waals surface area contributed by atoms with Crippen LogP contribution in [0.2, 0.25) is 0 Å². The predicted octanol–water partition coefficient (Wildman–Crippen LogP) is -0.0331. The van der Waals surface area contributed by atoms with Gasteiger partial charge in [0.1, 0.15) is 12.2 Å². The fourth-order valence-electron chi connectivity index (χ4n) is 2.16. The Labute approximate surface area is 113 Å². The van der Waals surface area contributed by atoms with E-state index in [1.165, 1.54) is 0 Å². The van der Waals surface area contributed by atoms with Crippen LogP contribution in [0.4, 0.5) is 0 Å². The summed E-state index contributed by atoms with van der Waals surface area (Å²) < 4.78 is 9.84. The van der Waals surface area contributed by atoms with Crippen molar-refractivity contribution >= 4 is 11.9 Å². The first-order valence-electron chi connectivity index (χ1n) is 7.04. The molecule has 2 saturated heterocycles. The summed E-state index contributed by atoms with van der Waals surface area (Å²) in [5.41, 5.74) is 0. The highest BCUT2D eigenvalue weighted by Gasteiger charge is 2.27. The molecule has 2 atom stereocenters. The van der Waals surface area contributed by atoms with Gasteiger partial charge in [-0.2, -0.15) is 0 Å². The molecule has 19 heavy (non-hydrogen) atoms. The summed E-state index contributed by atoms with van der Waals surface area (Å²) in [6.45, 7) is 3.73. The molecule has 2 aliphatic rings. The minimum atomic E-state index is -0.0775. The molecule has 0 aliphatic carbocycles. The van der Waals surface area contributed by atoms with E-state index in [-0.39, 0.29) is 24.1 Å². The van der Waals surface area contributed by atoms with E-state index in [0.29, 0.717) is 12.8 Å². The number of ether oxygens (including phenoxy) is 2. The molecule has 2 heterocycles. The summed E-state index contributed by atoms with van der Waals surface area (Å²) >= 11 is 0. The molecule has 0 aromatic heterocycles. The molecular formula is C13H22N2O4. The molecule has 0 spiro atoms.